The van der Waals surface area contributed by atoms with E-state index in [-0.39, 0.29) is 11.7 Å². The van der Waals surface area contributed by atoms with Crippen LogP contribution in [0, 0.1) is 5.82 Å². The molecule has 5 heteroatoms. The molecule has 1 saturated heterocycles. The summed E-state index contributed by atoms with van der Waals surface area (Å²) in [6, 6.07) is 6.40. The molecule has 0 radical (unpaired) electrons. The Bertz CT molecular complexity index is 414. The van der Waals surface area contributed by atoms with Crippen LogP contribution in [0.5, 0.6) is 0 Å². The molecule has 1 aromatic carbocycles. The third-order valence-electron chi connectivity index (χ3n) is 3.45. The van der Waals surface area contributed by atoms with Gasteiger partial charge >= 0.3 is 0 Å². The van der Waals surface area contributed by atoms with Crippen LogP contribution in [0.1, 0.15) is 12.0 Å². The van der Waals surface area contributed by atoms with Gasteiger partial charge in [-0.2, -0.15) is 0 Å². The third-order valence-corrected chi connectivity index (χ3v) is 3.45. The van der Waals surface area contributed by atoms with Gasteiger partial charge in [-0.3, -0.25) is 9.69 Å². The van der Waals surface area contributed by atoms with Gasteiger partial charge in [0, 0.05) is 19.6 Å². The summed E-state index contributed by atoms with van der Waals surface area (Å²) in [5.74, 6) is -0.165. The Hall–Kier alpha value is -1.46. The van der Waals surface area contributed by atoms with E-state index in [1.807, 2.05) is 0 Å². The summed E-state index contributed by atoms with van der Waals surface area (Å²) in [5.41, 5.74) is 1.03. The molecule has 1 fully saturated rings. The Kier molecular flexibility index (Phi) is 5.95. The van der Waals surface area contributed by atoms with Crippen LogP contribution in [-0.2, 0) is 11.2 Å². The number of benzene rings is 1. The molecule has 1 aliphatic heterocycles. The van der Waals surface area contributed by atoms with Crippen molar-refractivity contribution in [2.75, 3.05) is 39.3 Å². The van der Waals surface area contributed by atoms with Gasteiger partial charge in [0.15, 0.2) is 0 Å². The topological polar surface area (TPSA) is 44.4 Å². The molecule has 0 saturated carbocycles. The van der Waals surface area contributed by atoms with Crippen molar-refractivity contribution in [3.63, 3.8) is 0 Å². The maximum Gasteiger partial charge on any atom is 0.234 e. The molecule has 1 amide bonds. The predicted molar refractivity (Wildman–Crippen MR) is 77.0 cm³/mol. The molecule has 0 unspecified atom stereocenters. The molecule has 0 atom stereocenters. The predicted octanol–water partition coefficient (Wildman–Crippen LogP) is 0.780. The Labute approximate surface area is 119 Å². The lowest BCUT2D eigenvalue weighted by Gasteiger charge is -2.18. The first-order valence-electron chi connectivity index (χ1n) is 7.18. The van der Waals surface area contributed by atoms with Crippen molar-refractivity contribution in [1.82, 2.24) is 15.5 Å². The molecule has 110 valence electrons. The number of nitrogens with zero attached hydrogens (tertiary/aromatic N) is 1. The number of hydrogen-bond acceptors (Lipinski definition) is 3. The second kappa shape index (κ2) is 7.97. The number of rotatable bonds is 5. The summed E-state index contributed by atoms with van der Waals surface area (Å²) >= 11 is 0. The highest BCUT2D eigenvalue weighted by molar-refractivity contribution is 5.78. The van der Waals surface area contributed by atoms with Crippen molar-refractivity contribution in [3.8, 4) is 0 Å². The number of halogens is 1. The zero-order valence-corrected chi connectivity index (χ0v) is 11.7. The summed E-state index contributed by atoms with van der Waals surface area (Å²) in [5, 5.41) is 6.23. The number of nitrogens with one attached hydrogen (secondary N) is 2. The number of carbonyl (C=O) groups is 1. The molecule has 0 bridgehead atoms. The fourth-order valence-corrected chi connectivity index (χ4v) is 2.32. The van der Waals surface area contributed by atoms with Crippen LogP contribution in [0.15, 0.2) is 24.3 Å². The largest absolute Gasteiger partial charge is 0.355 e. The third kappa shape index (κ3) is 5.27. The maximum atomic E-state index is 12.8. The fraction of sp³-hybridized carbons (Fsp3) is 0.533. The second-order valence-corrected chi connectivity index (χ2v) is 5.11. The van der Waals surface area contributed by atoms with E-state index in [4.69, 9.17) is 0 Å². The molecule has 1 aliphatic rings. The van der Waals surface area contributed by atoms with E-state index in [9.17, 15) is 9.18 Å². The highest BCUT2D eigenvalue weighted by Crippen LogP contribution is 2.02. The number of carbonyl (C=O) groups excluding carboxylic acids is 1. The first-order valence-corrected chi connectivity index (χ1v) is 7.18. The van der Waals surface area contributed by atoms with E-state index in [1.165, 1.54) is 12.1 Å². The van der Waals surface area contributed by atoms with Crippen LogP contribution in [0.4, 0.5) is 4.39 Å². The normalized spacial score (nSPS) is 16.6. The molecule has 4 nitrogen and oxygen atoms in total. The van der Waals surface area contributed by atoms with Crippen molar-refractivity contribution >= 4 is 5.91 Å². The lowest BCUT2D eigenvalue weighted by atomic mass is 10.1. The summed E-state index contributed by atoms with van der Waals surface area (Å²) < 4.78 is 12.8. The monoisotopic (exact) mass is 279 g/mol. The minimum Gasteiger partial charge on any atom is -0.355 e. The van der Waals surface area contributed by atoms with E-state index in [1.54, 1.807) is 12.1 Å². The molecule has 0 aromatic heterocycles. The fourth-order valence-electron chi connectivity index (χ4n) is 2.32. The summed E-state index contributed by atoms with van der Waals surface area (Å²) in [4.78, 5) is 14.0. The van der Waals surface area contributed by atoms with Gasteiger partial charge in [-0.1, -0.05) is 12.1 Å². The molecular formula is C15H22FN3O. The van der Waals surface area contributed by atoms with Gasteiger partial charge in [-0.25, -0.2) is 4.39 Å². The van der Waals surface area contributed by atoms with Crippen molar-refractivity contribution in [2.45, 2.75) is 12.8 Å². The summed E-state index contributed by atoms with van der Waals surface area (Å²) in [6.07, 6.45) is 1.82. The molecule has 1 aromatic rings. The maximum absolute atomic E-state index is 12.8. The number of hydrogen-bond donors (Lipinski definition) is 2. The highest BCUT2D eigenvalue weighted by atomic mass is 19.1. The smallest absolute Gasteiger partial charge is 0.234 e. The lowest BCUT2D eigenvalue weighted by molar-refractivity contribution is -0.122. The molecule has 2 rings (SSSR count). The molecule has 20 heavy (non-hydrogen) atoms. The number of amides is 1. The zero-order valence-electron chi connectivity index (χ0n) is 11.7. The van der Waals surface area contributed by atoms with Gasteiger partial charge in [-0.05, 0) is 43.6 Å². The molecule has 0 spiro atoms. The molecular weight excluding hydrogens is 257 g/mol. The first kappa shape index (κ1) is 14.9. The van der Waals surface area contributed by atoms with Crippen molar-refractivity contribution in [1.29, 1.82) is 0 Å². The van der Waals surface area contributed by atoms with E-state index >= 15 is 0 Å². The van der Waals surface area contributed by atoms with Crippen LogP contribution in [0.2, 0.25) is 0 Å². The lowest BCUT2D eigenvalue weighted by Crippen LogP contribution is -2.39. The Morgan fingerprint density at radius 2 is 2.05 bits per heavy atom. The Balaban J connectivity index is 1.65. The molecule has 0 aliphatic carbocycles. The van der Waals surface area contributed by atoms with E-state index in [2.05, 4.69) is 15.5 Å². The Morgan fingerprint density at radius 3 is 2.85 bits per heavy atom. The van der Waals surface area contributed by atoms with E-state index in [0.717, 1.165) is 44.6 Å². The highest BCUT2D eigenvalue weighted by Gasteiger charge is 2.12. The van der Waals surface area contributed by atoms with Crippen LogP contribution >= 0.6 is 0 Å². The SMILES string of the molecule is O=C(CN1CCCNCC1)NCCc1ccc(F)cc1. The van der Waals surface area contributed by atoms with Gasteiger partial charge < -0.3 is 10.6 Å². The van der Waals surface area contributed by atoms with Gasteiger partial charge in [0.2, 0.25) is 5.91 Å². The summed E-state index contributed by atoms with van der Waals surface area (Å²) in [7, 11) is 0. The van der Waals surface area contributed by atoms with Crippen LogP contribution in [0.3, 0.4) is 0 Å². The van der Waals surface area contributed by atoms with E-state index < -0.39 is 0 Å². The molecule has 2 N–H and O–H groups in total. The quantitative estimate of drug-likeness (QED) is 0.837. The van der Waals surface area contributed by atoms with Gasteiger partial charge in [-0.15, -0.1) is 0 Å². The average molecular weight is 279 g/mol. The van der Waals surface area contributed by atoms with Crippen molar-refractivity contribution in [2.24, 2.45) is 0 Å². The van der Waals surface area contributed by atoms with Crippen LogP contribution < -0.4 is 10.6 Å². The van der Waals surface area contributed by atoms with Gasteiger partial charge in [0.25, 0.3) is 0 Å². The zero-order chi connectivity index (χ0) is 14.2. The second-order valence-electron chi connectivity index (χ2n) is 5.11. The van der Waals surface area contributed by atoms with E-state index in [0.29, 0.717) is 13.1 Å². The molecule has 1 heterocycles. The minimum absolute atomic E-state index is 0.0639. The average Bonchev–Trinajstić information content (AvgIpc) is 2.70. The van der Waals surface area contributed by atoms with Gasteiger partial charge in [0.1, 0.15) is 5.82 Å². The first-order chi connectivity index (χ1) is 9.74. The van der Waals surface area contributed by atoms with Crippen molar-refractivity contribution < 1.29 is 9.18 Å². The van der Waals surface area contributed by atoms with Gasteiger partial charge in [0.05, 0.1) is 6.54 Å². The van der Waals surface area contributed by atoms with Crippen LogP contribution in [-0.4, -0.2) is 50.1 Å². The standard InChI is InChI=1S/C15H22FN3O/c16-14-4-2-13(3-5-14)6-8-18-15(20)12-19-10-1-7-17-9-11-19/h2-5,17H,1,6-12H2,(H,18,20). The summed E-state index contributed by atoms with van der Waals surface area (Å²) in [6.45, 7) is 4.93. The van der Waals surface area contributed by atoms with Crippen LogP contribution in [0.25, 0.3) is 0 Å². The minimum atomic E-state index is -0.229. The van der Waals surface area contributed by atoms with Crippen molar-refractivity contribution in [3.05, 3.63) is 35.6 Å². The Morgan fingerprint density at radius 1 is 1.25 bits per heavy atom.